The summed E-state index contributed by atoms with van der Waals surface area (Å²) in [5.74, 6) is 0.0929. The topological polar surface area (TPSA) is 49.3 Å². The van der Waals surface area contributed by atoms with Gasteiger partial charge in [0.1, 0.15) is 5.60 Å². The van der Waals surface area contributed by atoms with E-state index in [1.54, 1.807) is 0 Å². The molecule has 120 valence electrons. The number of amides is 1. The second-order valence-electron chi connectivity index (χ2n) is 6.30. The number of aliphatic hydroxyl groups is 1. The molecule has 1 aliphatic carbocycles. The van der Waals surface area contributed by atoms with E-state index >= 15 is 0 Å². The van der Waals surface area contributed by atoms with Crippen molar-refractivity contribution in [3.05, 3.63) is 71.3 Å². The Balaban J connectivity index is 1.70. The van der Waals surface area contributed by atoms with Crippen LogP contribution in [-0.4, -0.2) is 17.6 Å². The third-order valence-corrected chi connectivity index (χ3v) is 4.67. The normalized spacial score (nSPS) is 16.6. The fourth-order valence-electron chi connectivity index (χ4n) is 2.98. The van der Waals surface area contributed by atoms with Crippen molar-refractivity contribution in [1.82, 2.24) is 5.32 Å². The third kappa shape index (κ3) is 3.45. The summed E-state index contributed by atoms with van der Waals surface area (Å²) < 4.78 is 0. The van der Waals surface area contributed by atoms with Crippen molar-refractivity contribution in [2.24, 2.45) is 5.92 Å². The Kier molecular flexibility index (Phi) is 4.49. The second kappa shape index (κ2) is 6.55. The van der Waals surface area contributed by atoms with Crippen LogP contribution in [0.4, 0.5) is 0 Å². The molecule has 0 aliphatic heterocycles. The first-order chi connectivity index (χ1) is 11.1. The summed E-state index contributed by atoms with van der Waals surface area (Å²) in [6, 6.07) is 17.3. The molecule has 1 saturated carbocycles. The van der Waals surface area contributed by atoms with Crippen LogP contribution in [0.25, 0.3) is 0 Å². The highest BCUT2D eigenvalue weighted by molar-refractivity contribution is 5.94. The lowest BCUT2D eigenvalue weighted by Gasteiger charge is -2.29. The van der Waals surface area contributed by atoms with E-state index in [4.69, 9.17) is 0 Å². The number of hydrogen-bond donors (Lipinski definition) is 2. The van der Waals surface area contributed by atoms with E-state index in [0.29, 0.717) is 5.56 Å². The van der Waals surface area contributed by atoms with E-state index < -0.39 is 5.60 Å². The number of aryl methyl sites for hydroxylation is 1. The summed E-state index contributed by atoms with van der Waals surface area (Å²) in [4.78, 5) is 12.3. The van der Waals surface area contributed by atoms with Gasteiger partial charge in [-0.05, 0) is 48.4 Å². The minimum atomic E-state index is -0.972. The SMILES string of the molecule is CCc1ccc(C(=O)NCC(O)(c2ccccc2)C2CC2)cc1. The maximum absolute atomic E-state index is 12.3. The van der Waals surface area contributed by atoms with Gasteiger partial charge in [0, 0.05) is 5.56 Å². The van der Waals surface area contributed by atoms with Gasteiger partial charge in [0.05, 0.1) is 6.54 Å². The Hall–Kier alpha value is -2.13. The van der Waals surface area contributed by atoms with Gasteiger partial charge >= 0.3 is 0 Å². The number of benzene rings is 2. The van der Waals surface area contributed by atoms with Gasteiger partial charge in [-0.1, -0.05) is 49.4 Å². The van der Waals surface area contributed by atoms with Crippen LogP contribution in [0.3, 0.4) is 0 Å². The van der Waals surface area contributed by atoms with Crippen LogP contribution in [0.1, 0.15) is 41.3 Å². The van der Waals surface area contributed by atoms with E-state index in [-0.39, 0.29) is 18.4 Å². The van der Waals surface area contributed by atoms with Crippen LogP contribution in [0, 0.1) is 5.92 Å². The molecular formula is C20H23NO2. The fraction of sp³-hybridized carbons (Fsp3) is 0.350. The Morgan fingerprint density at radius 2 is 1.78 bits per heavy atom. The van der Waals surface area contributed by atoms with E-state index in [1.165, 1.54) is 5.56 Å². The molecule has 3 rings (SSSR count). The highest BCUT2D eigenvalue weighted by Crippen LogP contribution is 2.45. The van der Waals surface area contributed by atoms with E-state index in [9.17, 15) is 9.90 Å². The molecule has 0 aromatic heterocycles. The summed E-state index contributed by atoms with van der Waals surface area (Å²) >= 11 is 0. The van der Waals surface area contributed by atoms with Gasteiger partial charge in [0.25, 0.3) is 5.91 Å². The Morgan fingerprint density at radius 1 is 1.13 bits per heavy atom. The van der Waals surface area contributed by atoms with Crippen molar-refractivity contribution in [2.45, 2.75) is 31.8 Å². The number of carbonyl (C=O) groups is 1. The van der Waals surface area contributed by atoms with Crippen molar-refractivity contribution < 1.29 is 9.90 Å². The van der Waals surface area contributed by atoms with Crippen LogP contribution >= 0.6 is 0 Å². The number of rotatable bonds is 6. The van der Waals surface area contributed by atoms with Gasteiger partial charge in [0.15, 0.2) is 0 Å². The average molecular weight is 309 g/mol. The molecule has 0 heterocycles. The number of nitrogens with one attached hydrogen (secondary N) is 1. The molecule has 2 aromatic carbocycles. The number of hydrogen-bond acceptors (Lipinski definition) is 2. The van der Waals surface area contributed by atoms with Crippen LogP contribution in [0.5, 0.6) is 0 Å². The lowest BCUT2D eigenvalue weighted by atomic mass is 9.88. The first-order valence-corrected chi connectivity index (χ1v) is 8.28. The van der Waals surface area contributed by atoms with Gasteiger partial charge in [0.2, 0.25) is 0 Å². The minimum absolute atomic E-state index is 0.136. The van der Waals surface area contributed by atoms with Crippen LogP contribution < -0.4 is 5.32 Å². The van der Waals surface area contributed by atoms with Crippen LogP contribution in [0.2, 0.25) is 0 Å². The molecular weight excluding hydrogens is 286 g/mol. The maximum Gasteiger partial charge on any atom is 0.251 e. The molecule has 2 N–H and O–H groups in total. The summed E-state index contributed by atoms with van der Waals surface area (Å²) in [6.45, 7) is 2.33. The molecule has 23 heavy (non-hydrogen) atoms. The maximum atomic E-state index is 12.3. The fourth-order valence-corrected chi connectivity index (χ4v) is 2.98. The van der Waals surface area contributed by atoms with Crippen LogP contribution in [-0.2, 0) is 12.0 Å². The molecule has 0 radical (unpaired) electrons. The molecule has 3 heteroatoms. The predicted octanol–water partition coefficient (Wildman–Crippen LogP) is 3.28. The van der Waals surface area contributed by atoms with Gasteiger partial charge in [-0.25, -0.2) is 0 Å². The Bertz CT molecular complexity index is 662. The molecule has 3 nitrogen and oxygen atoms in total. The summed E-state index contributed by atoms with van der Waals surface area (Å²) in [6.07, 6.45) is 2.97. The molecule has 2 aromatic rings. The summed E-state index contributed by atoms with van der Waals surface area (Å²) in [5.41, 5.74) is 1.75. The zero-order valence-corrected chi connectivity index (χ0v) is 13.5. The van der Waals surface area contributed by atoms with Gasteiger partial charge in [-0.3, -0.25) is 4.79 Å². The van der Waals surface area contributed by atoms with E-state index in [1.807, 2.05) is 54.6 Å². The van der Waals surface area contributed by atoms with Crippen molar-refractivity contribution in [3.63, 3.8) is 0 Å². The molecule has 0 saturated heterocycles. The van der Waals surface area contributed by atoms with Crippen molar-refractivity contribution in [3.8, 4) is 0 Å². The van der Waals surface area contributed by atoms with Crippen molar-refractivity contribution >= 4 is 5.91 Å². The zero-order valence-electron chi connectivity index (χ0n) is 13.5. The van der Waals surface area contributed by atoms with E-state index in [2.05, 4.69) is 12.2 Å². The largest absolute Gasteiger partial charge is 0.383 e. The molecule has 0 spiro atoms. The predicted molar refractivity (Wildman–Crippen MR) is 91.2 cm³/mol. The highest BCUT2D eigenvalue weighted by Gasteiger charge is 2.45. The smallest absolute Gasteiger partial charge is 0.251 e. The first-order valence-electron chi connectivity index (χ1n) is 8.28. The second-order valence-corrected chi connectivity index (χ2v) is 6.30. The summed E-state index contributed by atoms with van der Waals surface area (Å²) in [7, 11) is 0. The molecule has 1 aliphatic rings. The Morgan fingerprint density at radius 3 is 2.35 bits per heavy atom. The average Bonchev–Trinajstić information content (AvgIpc) is 3.46. The Labute approximate surface area is 137 Å². The minimum Gasteiger partial charge on any atom is -0.383 e. The van der Waals surface area contributed by atoms with Crippen LogP contribution in [0.15, 0.2) is 54.6 Å². The standard InChI is InChI=1S/C20H23NO2/c1-2-15-8-10-16(11-9-15)19(22)21-14-20(23,18-12-13-18)17-6-4-3-5-7-17/h3-11,18,23H,2,12-14H2,1H3,(H,21,22). The summed E-state index contributed by atoms with van der Waals surface area (Å²) in [5, 5.41) is 14.0. The van der Waals surface area contributed by atoms with Gasteiger partial charge < -0.3 is 10.4 Å². The quantitative estimate of drug-likeness (QED) is 0.860. The van der Waals surface area contributed by atoms with Crippen molar-refractivity contribution in [2.75, 3.05) is 6.54 Å². The molecule has 1 fully saturated rings. The van der Waals surface area contributed by atoms with Gasteiger partial charge in [-0.2, -0.15) is 0 Å². The first kappa shape index (κ1) is 15.8. The zero-order chi connectivity index (χ0) is 16.3. The highest BCUT2D eigenvalue weighted by atomic mass is 16.3. The number of carbonyl (C=O) groups excluding carboxylic acids is 1. The van der Waals surface area contributed by atoms with E-state index in [0.717, 1.165) is 24.8 Å². The molecule has 0 bridgehead atoms. The molecule has 1 atom stereocenters. The van der Waals surface area contributed by atoms with Gasteiger partial charge in [-0.15, -0.1) is 0 Å². The monoisotopic (exact) mass is 309 g/mol. The third-order valence-electron chi connectivity index (χ3n) is 4.67. The molecule has 1 amide bonds. The lowest BCUT2D eigenvalue weighted by molar-refractivity contribution is 0.0135. The lowest BCUT2D eigenvalue weighted by Crippen LogP contribution is -2.42. The van der Waals surface area contributed by atoms with Crippen molar-refractivity contribution in [1.29, 1.82) is 0 Å². The molecule has 1 unspecified atom stereocenters.